The van der Waals surface area contributed by atoms with E-state index in [9.17, 15) is 9.18 Å². The molecular weight excluding hydrogens is 319 g/mol. The van der Waals surface area contributed by atoms with E-state index >= 15 is 0 Å². The fourth-order valence-corrected chi connectivity index (χ4v) is 3.23. The Morgan fingerprint density at radius 3 is 2.56 bits per heavy atom. The van der Waals surface area contributed by atoms with Gasteiger partial charge in [-0.3, -0.25) is 4.79 Å². The van der Waals surface area contributed by atoms with Gasteiger partial charge in [0.1, 0.15) is 11.6 Å². The number of halogens is 1. The second kappa shape index (κ2) is 7.26. The third-order valence-electron chi connectivity index (χ3n) is 4.58. The summed E-state index contributed by atoms with van der Waals surface area (Å²) in [6.45, 7) is 3.88. The van der Waals surface area contributed by atoms with Crippen molar-refractivity contribution in [1.82, 2.24) is 0 Å². The third-order valence-corrected chi connectivity index (χ3v) is 4.58. The average Bonchev–Trinajstić information content (AvgIpc) is 3.26. The van der Waals surface area contributed by atoms with Crippen LogP contribution in [0.25, 0.3) is 11.1 Å². The molecule has 4 heteroatoms. The fourth-order valence-electron chi connectivity index (χ4n) is 3.23. The van der Waals surface area contributed by atoms with Crippen LogP contribution in [0.2, 0.25) is 0 Å². The van der Waals surface area contributed by atoms with E-state index in [1.807, 2.05) is 38.1 Å². The van der Waals surface area contributed by atoms with E-state index in [-0.39, 0.29) is 18.3 Å². The van der Waals surface area contributed by atoms with Gasteiger partial charge in [-0.1, -0.05) is 24.3 Å². The molecular formula is C21H23FO3. The molecule has 0 amide bonds. The number of aliphatic carboxylic acids is 1. The molecule has 1 N–H and O–H groups in total. The molecule has 1 fully saturated rings. The van der Waals surface area contributed by atoms with Crippen molar-refractivity contribution in [2.75, 3.05) is 0 Å². The van der Waals surface area contributed by atoms with Crippen molar-refractivity contribution < 1.29 is 19.0 Å². The highest BCUT2D eigenvalue weighted by Crippen LogP contribution is 2.43. The molecule has 1 saturated carbocycles. The summed E-state index contributed by atoms with van der Waals surface area (Å²) in [5.41, 5.74) is 2.50. The van der Waals surface area contributed by atoms with Gasteiger partial charge < -0.3 is 9.84 Å². The lowest BCUT2D eigenvalue weighted by atomic mass is 10.0. The molecule has 3 rings (SSSR count). The molecule has 132 valence electrons. The fraction of sp³-hybridized carbons (Fsp3) is 0.381. The highest BCUT2D eigenvalue weighted by molar-refractivity contribution is 5.67. The Bertz CT molecular complexity index is 752. The zero-order valence-electron chi connectivity index (χ0n) is 14.5. The van der Waals surface area contributed by atoms with E-state index in [4.69, 9.17) is 9.84 Å². The van der Waals surface area contributed by atoms with Gasteiger partial charge in [-0.25, -0.2) is 4.39 Å². The Morgan fingerprint density at radius 2 is 1.92 bits per heavy atom. The third kappa shape index (κ3) is 4.59. The Balaban J connectivity index is 1.69. The average molecular weight is 342 g/mol. The quantitative estimate of drug-likeness (QED) is 0.776. The monoisotopic (exact) mass is 342 g/mol. The van der Waals surface area contributed by atoms with Crippen LogP contribution in [0, 0.1) is 17.7 Å². The molecule has 2 aromatic rings. The van der Waals surface area contributed by atoms with Gasteiger partial charge >= 0.3 is 5.97 Å². The second-order valence-electron chi connectivity index (χ2n) is 7.06. The Hall–Kier alpha value is -2.36. The molecule has 1 aliphatic rings. The number of hydrogen-bond acceptors (Lipinski definition) is 2. The molecule has 0 saturated heterocycles. The number of carboxylic acids is 1. The van der Waals surface area contributed by atoms with Crippen LogP contribution in [-0.2, 0) is 11.2 Å². The smallest absolute Gasteiger partial charge is 0.303 e. The summed E-state index contributed by atoms with van der Waals surface area (Å²) in [6.07, 6.45) is 2.17. The molecule has 0 aromatic heterocycles. The maximum absolute atomic E-state index is 14.2. The van der Waals surface area contributed by atoms with E-state index in [2.05, 4.69) is 0 Å². The van der Waals surface area contributed by atoms with Crippen LogP contribution in [-0.4, -0.2) is 17.2 Å². The van der Waals surface area contributed by atoms with Gasteiger partial charge in [0.05, 0.1) is 6.10 Å². The molecule has 2 atom stereocenters. The van der Waals surface area contributed by atoms with Crippen molar-refractivity contribution >= 4 is 5.97 Å². The molecule has 25 heavy (non-hydrogen) atoms. The summed E-state index contributed by atoms with van der Waals surface area (Å²) in [5, 5.41) is 8.83. The van der Waals surface area contributed by atoms with Crippen molar-refractivity contribution in [1.29, 1.82) is 0 Å². The minimum absolute atomic E-state index is 0.0398. The number of rotatable bonds is 7. The molecule has 0 heterocycles. The van der Waals surface area contributed by atoms with Crippen LogP contribution in [0.5, 0.6) is 5.75 Å². The first kappa shape index (κ1) is 17.5. The first-order chi connectivity index (χ1) is 11.9. The molecule has 0 aliphatic heterocycles. The highest BCUT2D eigenvalue weighted by atomic mass is 19.1. The maximum Gasteiger partial charge on any atom is 0.303 e. The summed E-state index contributed by atoms with van der Waals surface area (Å²) in [7, 11) is 0. The van der Waals surface area contributed by atoms with Crippen molar-refractivity contribution in [2.24, 2.45) is 11.8 Å². The van der Waals surface area contributed by atoms with Gasteiger partial charge in [0.25, 0.3) is 0 Å². The number of ether oxygens (including phenoxy) is 1. The van der Waals surface area contributed by atoms with Gasteiger partial charge in [0.15, 0.2) is 0 Å². The molecule has 0 bridgehead atoms. The summed E-state index contributed by atoms with van der Waals surface area (Å²) < 4.78 is 19.8. The number of hydrogen-bond donors (Lipinski definition) is 1. The molecule has 2 aromatic carbocycles. The van der Waals surface area contributed by atoms with Crippen LogP contribution >= 0.6 is 0 Å². The summed E-state index contributed by atoms with van der Waals surface area (Å²) in [4.78, 5) is 10.7. The summed E-state index contributed by atoms with van der Waals surface area (Å²) in [5.74, 6) is 0.431. The van der Waals surface area contributed by atoms with Gasteiger partial charge in [-0.05, 0) is 67.9 Å². The van der Waals surface area contributed by atoms with Gasteiger partial charge in [0, 0.05) is 12.0 Å². The maximum atomic E-state index is 14.2. The predicted octanol–water partition coefficient (Wildman–Crippen LogP) is 4.93. The standard InChI is InChI=1S/C21H23FO3/c1-13(2)25-18-7-8-20(22)19(12-18)15-5-3-14(4-6-15)9-16-10-17(16)11-21(23)24/h3-8,12-13,16-17H,9-11H2,1-2H3,(H,23,24). The zero-order valence-corrected chi connectivity index (χ0v) is 14.5. The van der Waals surface area contributed by atoms with Crippen LogP contribution in [0.3, 0.4) is 0 Å². The SMILES string of the molecule is CC(C)Oc1ccc(F)c(-c2ccc(CC3CC3CC(=O)O)cc2)c1. The molecule has 2 unspecified atom stereocenters. The molecule has 0 spiro atoms. The minimum Gasteiger partial charge on any atom is -0.491 e. The van der Waals surface area contributed by atoms with E-state index in [1.165, 1.54) is 6.07 Å². The van der Waals surface area contributed by atoms with Crippen molar-refractivity contribution in [3.05, 3.63) is 53.8 Å². The number of carbonyl (C=O) groups is 1. The van der Waals surface area contributed by atoms with Crippen molar-refractivity contribution in [3.63, 3.8) is 0 Å². The normalized spacial score (nSPS) is 19.0. The number of carboxylic acid groups (broad SMARTS) is 1. The topological polar surface area (TPSA) is 46.5 Å². The van der Waals surface area contributed by atoms with E-state index in [0.29, 0.717) is 23.1 Å². The van der Waals surface area contributed by atoms with Crippen molar-refractivity contribution in [3.8, 4) is 16.9 Å². The van der Waals surface area contributed by atoms with E-state index < -0.39 is 5.97 Å². The van der Waals surface area contributed by atoms with Crippen LogP contribution in [0.1, 0.15) is 32.3 Å². The lowest BCUT2D eigenvalue weighted by molar-refractivity contribution is -0.137. The lowest BCUT2D eigenvalue weighted by Crippen LogP contribution is -2.05. The molecule has 0 radical (unpaired) electrons. The Morgan fingerprint density at radius 1 is 1.20 bits per heavy atom. The molecule has 3 nitrogen and oxygen atoms in total. The van der Waals surface area contributed by atoms with Crippen LogP contribution in [0.4, 0.5) is 4.39 Å². The Labute approximate surface area is 147 Å². The van der Waals surface area contributed by atoms with E-state index in [0.717, 1.165) is 24.0 Å². The summed E-state index contributed by atoms with van der Waals surface area (Å²) in [6, 6.07) is 12.6. The predicted molar refractivity (Wildman–Crippen MR) is 95.2 cm³/mol. The highest BCUT2D eigenvalue weighted by Gasteiger charge is 2.38. The van der Waals surface area contributed by atoms with Gasteiger partial charge in [-0.2, -0.15) is 0 Å². The first-order valence-electron chi connectivity index (χ1n) is 8.69. The number of benzene rings is 2. The minimum atomic E-state index is -0.721. The Kier molecular flexibility index (Phi) is 5.07. The van der Waals surface area contributed by atoms with E-state index in [1.54, 1.807) is 12.1 Å². The largest absolute Gasteiger partial charge is 0.491 e. The zero-order chi connectivity index (χ0) is 18.0. The lowest BCUT2D eigenvalue weighted by Gasteiger charge is -2.12. The van der Waals surface area contributed by atoms with Crippen LogP contribution in [0.15, 0.2) is 42.5 Å². The van der Waals surface area contributed by atoms with Gasteiger partial charge in [-0.15, -0.1) is 0 Å². The molecule has 1 aliphatic carbocycles. The first-order valence-corrected chi connectivity index (χ1v) is 8.69. The van der Waals surface area contributed by atoms with Gasteiger partial charge in [0.2, 0.25) is 0 Å². The second-order valence-corrected chi connectivity index (χ2v) is 7.06. The summed E-state index contributed by atoms with van der Waals surface area (Å²) >= 11 is 0. The van der Waals surface area contributed by atoms with Crippen molar-refractivity contribution in [2.45, 2.75) is 39.2 Å². The van der Waals surface area contributed by atoms with Crippen LogP contribution < -0.4 is 4.74 Å².